The lowest BCUT2D eigenvalue weighted by atomic mass is 10.0. The van der Waals surface area contributed by atoms with Gasteiger partial charge in [0.1, 0.15) is 5.75 Å². The molecule has 0 aromatic heterocycles. The zero-order valence-corrected chi connectivity index (χ0v) is 11.5. The maximum atomic E-state index is 12.0. The van der Waals surface area contributed by atoms with Crippen LogP contribution in [-0.2, 0) is 21.1 Å². The van der Waals surface area contributed by atoms with Gasteiger partial charge in [-0.1, -0.05) is 6.07 Å². The lowest BCUT2D eigenvalue weighted by Crippen LogP contribution is -2.26. The number of Topliss-reactive ketones (excluding diaryl/α,β-unsaturated/α-hetero) is 1. The van der Waals surface area contributed by atoms with Gasteiger partial charge in [0, 0.05) is 12.0 Å². The quantitative estimate of drug-likeness (QED) is 0.520. The molecule has 7 nitrogen and oxygen atoms in total. The van der Waals surface area contributed by atoms with Crippen molar-refractivity contribution in [2.45, 2.75) is 18.2 Å². The number of aryl methyl sites for hydroxylation is 1. The van der Waals surface area contributed by atoms with E-state index in [0.29, 0.717) is 11.1 Å². The van der Waals surface area contributed by atoms with Crippen LogP contribution < -0.4 is 11.5 Å². The standard InChI is InChI=1S/C12H13N3O4S/c1-6-2-7-3-8(16)5-20(18,19)10(7)4-9(6)11(17)15-12(13)14/h2,4H,3,5H2,1H3,(H4,13,14,15,17). The van der Waals surface area contributed by atoms with E-state index in [1.165, 1.54) is 12.1 Å². The van der Waals surface area contributed by atoms with Crippen molar-refractivity contribution in [2.75, 3.05) is 5.75 Å². The molecule has 0 atom stereocenters. The molecule has 0 saturated carbocycles. The molecule has 0 aliphatic carbocycles. The van der Waals surface area contributed by atoms with Crippen molar-refractivity contribution >= 4 is 27.5 Å². The van der Waals surface area contributed by atoms with Gasteiger partial charge in [-0.05, 0) is 24.1 Å². The summed E-state index contributed by atoms with van der Waals surface area (Å²) in [7, 11) is -3.71. The molecule has 0 fully saturated rings. The van der Waals surface area contributed by atoms with Crippen LogP contribution in [0.3, 0.4) is 0 Å². The molecule has 0 radical (unpaired) electrons. The number of nitrogens with two attached hydrogens (primary N) is 2. The van der Waals surface area contributed by atoms with E-state index in [2.05, 4.69) is 4.99 Å². The monoisotopic (exact) mass is 295 g/mol. The molecular weight excluding hydrogens is 282 g/mol. The van der Waals surface area contributed by atoms with Crippen LogP contribution in [0.25, 0.3) is 0 Å². The zero-order valence-electron chi connectivity index (χ0n) is 10.7. The number of aliphatic imine (C=N–C) groups is 1. The number of nitrogens with zero attached hydrogens (tertiary/aromatic N) is 1. The summed E-state index contributed by atoms with van der Waals surface area (Å²) in [6.45, 7) is 1.63. The van der Waals surface area contributed by atoms with E-state index < -0.39 is 27.5 Å². The molecule has 1 heterocycles. The predicted octanol–water partition coefficient (Wildman–Crippen LogP) is -0.692. The Morgan fingerprint density at radius 2 is 1.95 bits per heavy atom. The van der Waals surface area contributed by atoms with E-state index in [9.17, 15) is 18.0 Å². The summed E-state index contributed by atoms with van der Waals surface area (Å²) >= 11 is 0. The molecule has 0 saturated heterocycles. The van der Waals surface area contributed by atoms with Crippen LogP contribution in [0.5, 0.6) is 0 Å². The van der Waals surface area contributed by atoms with E-state index in [-0.39, 0.29) is 22.7 Å². The first kappa shape index (κ1) is 14.2. The number of ketones is 1. The molecule has 2 rings (SSSR count). The summed E-state index contributed by atoms with van der Waals surface area (Å²) in [5, 5.41) is 0. The summed E-state index contributed by atoms with van der Waals surface area (Å²) in [5.41, 5.74) is 11.3. The van der Waals surface area contributed by atoms with Gasteiger partial charge in [-0.2, -0.15) is 4.99 Å². The molecular formula is C12H13N3O4S. The van der Waals surface area contributed by atoms with Crippen molar-refractivity contribution in [1.82, 2.24) is 0 Å². The Morgan fingerprint density at radius 3 is 2.55 bits per heavy atom. The number of amides is 1. The molecule has 0 spiro atoms. The van der Waals surface area contributed by atoms with Crippen molar-refractivity contribution in [3.05, 3.63) is 28.8 Å². The number of carbonyl (C=O) groups excluding carboxylic acids is 2. The first-order valence-corrected chi connectivity index (χ1v) is 7.38. The van der Waals surface area contributed by atoms with Gasteiger partial charge in [0.2, 0.25) is 0 Å². The van der Waals surface area contributed by atoms with Crippen LogP contribution in [-0.4, -0.2) is 31.8 Å². The van der Waals surface area contributed by atoms with Gasteiger partial charge < -0.3 is 11.5 Å². The molecule has 8 heteroatoms. The Hall–Kier alpha value is -2.22. The molecule has 1 aliphatic heterocycles. The van der Waals surface area contributed by atoms with Crippen LogP contribution in [0.1, 0.15) is 21.5 Å². The maximum Gasteiger partial charge on any atom is 0.280 e. The van der Waals surface area contributed by atoms with Gasteiger partial charge in [-0.25, -0.2) is 8.42 Å². The second kappa shape index (κ2) is 4.71. The van der Waals surface area contributed by atoms with Gasteiger partial charge in [-0.15, -0.1) is 0 Å². The molecule has 1 aromatic rings. The Bertz CT molecular complexity index is 746. The second-order valence-electron chi connectivity index (χ2n) is 4.59. The lowest BCUT2D eigenvalue weighted by molar-refractivity contribution is -0.116. The second-order valence-corrected chi connectivity index (χ2v) is 6.55. The number of rotatable bonds is 1. The molecule has 4 N–H and O–H groups in total. The molecule has 0 unspecified atom stereocenters. The average Bonchev–Trinajstić information content (AvgIpc) is 2.24. The number of fused-ring (bicyclic) bond motifs is 1. The molecule has 20 heavy (non-hydrogen) atoms. The third-order valence-electron chi connectivity index (χ3n) is 2.94. The van der Waals surface area contributed by atoms with Gasteiger partial charge >= 0.3 is 0 Å². The van der Waals surface area contributed by atoms with Crippen LogP contribution in [0.2, 0.25) is 0 Å². The third-order valence-corrected chi connectivity index (χ3v) is 4.69. The fourth-order valence-electron chi connectivity index (χ4n) is 2.14. The highest BCUT2D eigenvalue weighted by Gasteiger charge is 2.30. The van der Waals surface area contributed by atoms with Crippen molar-refractivity contribution in [3.63, 3.8) is 0 Å². The molecule has 1 amide bonds. The fraction of sp³-hybridized carbons (Fsp3) is 0.250. The zero-order chi connectivity index (χ0) is 15.1. The van der Waals surface area contributed by atoms with Crippen molar-refractivity contribution < 1.29 is 18.0 Å². The van der Waals surface area contributed by atoms with Crippen LogP contribution in [0.15, 0.2) is 22.0 Å². The first-order chi connectivity index (χ1) is 9.20. The van der Waals surface area contributed by atoms with Gasteiger partial charge in [-0.3, -0.25) is 9.59 Å². The highest BCUT2D eigenvalue weighted by Crippen LogP contribution is 2.27. The number of benzene rings is 1. The van der Waals surface area contributed by atoms with Gasteiger partial charge in [0.05, 0.1) is 4.90 Å². The Kier molecular flexibility index (Phi) is 3.34. The number of carbonyl (C=O) groups is 2. The largest absolute Gasteiger partial charge is 0.370 e. The number of hydrogen-bond donors (Lipinski definition) is 2. The van der Waals surface area contributed by atoms with E-state index in [4.69, 9.17) is 11.5 Å². The van der Waals surface area contributed by atoms with E-state index in [1.807, 2.05) is 0 Å². The topological polar surface area (TPSA) is 133 Å². The average molecular weight is 295 g/mol. The Balaban J connectivity index is 2.63. The van der Waals surface area contributed by atoms with Crippen LogP contribution >= 0.6 is 0 Å². The minimum atomic E-state index is -3.71. The van der Waals surface area contributed by atoms with Crippen molar-refractivity contribution in [1.29, 1.82) is 0 Å². The first-order valence-electron chi connectivity index (χ1n) is 5.72. The fourth-order valence-corrected chi connectivity index (χ4v) is 3.65. The smallest absolute Gasteiger partial charge is 0.280 e. The Labute approximate surface area is 115 Å². The van der Waals surface area contributed by atoms with Gasteiger partial charge in [0.15, 0.2) is 21.6 Å². The van der Waals surface area contributed by atoms with Crippen LogP contribution in [0, 0.1) is 6.92 Å². The van der Waals surface area contributed by atoms with Crippen molar-refractivity contribution in [3.8, 4) is 0 Å². The van der Waals surface area contributed by atoms with E-state index >= 15 is 0 Å². The number of sulfone groups is 1. The highest BCUT2D eigenvalue weighted by molar-refractivity contribution is 7.92. The van der Waals surface area contributed by atoms with Gasteiger partial charge in [0.25, 0.3) is 5.91 Å². The highest BCUT2D eigenvalue weighted by atomic mass is 32.2. The molecule has 1 aromatic carbocycles. The Morgan fingerprint density at radius 1 is 1.30 bits per heavy atom. The van der Waals surface area contributed by atoms with E-state index in [0.717, 1.165) is 0 Å². The molecule has 106 valence electrons. The predicted molar refractivity (Wildman–Crippen MR) is 72.1 cm³/mol. The summed E-state index contributed by atoms with van der Waals surface area (Å²) in [6.07, 6.45) is 0.0478. The minimum Gasteiger partial charge on any atom is -0.370 e. The molecule has 0 bridgehead atoms. The third kappa shape index (κ3) is 2.55. The summed E-state index contributed by atoms with van der Waals surface area (Å²) in [5.74, 6) is -2.01. The number of hydrogen-bond acceptors (Lipinski definition) is 4. The summed E-state index contributed by atoms with van der Waals surface area (Å²) < 4.78 is 23.9. The summed E-state index contributed by atoms with van der Waals surface area (Å²) in [4.78, 5) is 26.6. The SMILES string of the molecule is Cc1cc2c(cc1C(=O)N=C(N)N)S(=O)(=O)CC(=O)C2. The van der Waals surface area contributed by atoms with Crippen LogP contribution in [0.4, 0.5) is 0 Å². The normalized spacial score (nSPS) is 16.4. The molecule has 1 aliphatic rings. The maximum absolute atomic E-state index is 12.0. The lowest BCUT2D eigenvalue weighted by Gasteiger charge is -2.17. The number of guanidine groups is 1. The van der Waals surface area contributed by atoms with Crippen molar-refractivity contribution in [2.24, 2.45) is 16.5 Å². The minimum absolute atomic E-state index is 0.00292. The van der Waals surface area contributed by atoms with E-state index in [1.54, 1.807) is 6.92 Å². The summed E-state index contributed by atoms with van der Waals surface area (Å²) in [6, 6.07) is 2.75.